The summed E-state index contributed by atoms with van der Waals surface area (Å²) in [5, 5.41) is 29.1. The van der Waals surface area contributed by atoms with Gasteiger partial charge in [-0.3, -0.25) is 14.5 Å². The van der Waals surface area contributed by atoms with E-state index in [1.54, 1.807) is 22.8 Å². The number of oxime groups is 1. The summed E-state index contributed by atoms with van der Waals surface area (Å²) < 4.78 is 12.6. The van der Waals surface area contributed by atoms with E-state index in [1.165, 1.54) is 51.3 Å². The number of aliphatic carboxylic acids is 2. The lowest BCUT2D eigenvalue weighted by atomic mass is 10.0. The van der Waals surface area contributed by atoms with Crippen LogP contribution in [-0.2, 0) is 24.0 Å². The number of methoxy groups -OCH3 is 2. The van der Waals surface area contributed by atoms with Gasteiger partial charge in [0, 0.05) is 16.9 Å². The number of ether oxygens (including phenoxy) is 2. The predicted octanol–water partition coefficient (Wildman–Crippen LogP) is -0.641. The molecule has 8 N–H and O–H groups in total. The first-order valence-corrected chi connectivity index (χ1v) is 17.3. The molecular formula is C29H31N9O9S3. The molecule has 0 spiro atoms. The summed E-state index contributed by atoms with van der Waals surface area (Å²) in [6.45, 7) is 2.46. The SMILES string of the molecule is COc1cccc(OC)c1-[n+]1c(N)cc(N)nc1SCC1=C(C(=O)[O-])N2C(=O)C(NC(=O)/C(=N\OC(C)(C)C(=O)O)c3csc(N)n3)[C@H]2SC1. The monoisotopic (exact) mass is 745 g/mol. The number of nitrogens with one attached hydrogen (secondary N) is 1. The summed E-state index contributed by atoms with van der Waals surface area (Å²) >= 11 is 3.33. The van der Waals surface area contributed by atoms with Crippen molar-refractivity contribution in [3.8, 4) is 17.2 Å². The van der Waals surface area contributed by atoms with Gasteiger partial charge in [0.25, 0.3) is 11.8 Å². The van der Waals surface area contributed by atoms with Gasteiger partial charge in [0.15, 0.2) is 28.0 Å². The average molecular weight is 746 g/mol. The highest BCUT2D eigenvalue weighted by molar-refractivity contribution is 8.01. The van der Waals surface area contributed by atoms with Crippen LogP contribution in [0.3, 0.4) is 0 Å². The Labute approximate surface area is 296 Å². The van der Waals surface area contributed by atoms with Gasteiger partial charge in [0.05, 0.1) is 32.0 Å². The summed E-state index contributed by atoms with van der Waals surface area (Å²) in [4.78, 5) is 65.4. The fourth-order valence-corrected chi connectivity index (χ4v) is 7.90. The molecule has 1 fully saturated rings. The van der Waals surface area contributed by atoms with Crippen LogP contribution in [0.4, 0.5) is 16.8 Å². The lowest BCUT2D eigenvalue weighted by Gasteiger charge is -2.50. The fraction of sp³-hybridized carbons (Fsp3) is 0.310. The van der Waals surface area contributed by atoms with Crippen LogP contribution in [-0.4, -0.2) is 92.2 Å². The zero-order valence-electron chi connectivity index (χ0n) is 26.9. The van der Waals surface area contributed by atoms with E-state index in [4.69, 9.17) is 31.5 Å². The number of nitrogen functional groups attached to an aromatic ring is 3. The normalized spacial score (nSPS) is 17.5. The summed E-state index contributed by atoms with van der Waals surface area (Å²) in [6.07, 6.45) is 0. The van der Waals surface area contributed by atoms with Gasteiger partial charge in [-0.2, -0.15) is 4.57 Å². The van der Waals surface area contributed by atoms with Crippen molar-refractivity contribution in [1.82, 2.24) is 20.2 Å². The number of hydrogen-bond donors (Lipinski definition) is 5. The number of carbonyl (C=O) groups is 4. The second-order valence-corrected chi connectivity index (χ2v) is 14.0. The first-order valence-electron chi connectivity index (χ1n) is 14.4. The van der Waals surface area contributed by atoms with Crippen LogP contribution >= 0.6 is 34.9 Å². The van der Waals surface area contributed by atoms with E-state index in [2.05, 4.69) is 20.4 Å². The molecule has 5 rings (SSSR count). The van der Waals surface area contributed by atoms with Crippen molar-refractivity contribution >= 4 is 81.1 Å². The van der Waals surface area contributed by atoms with Gasteiger partial charge >= 0.3 is 11.1 Å². The number of para-hydroxylation sites is 1. The number of rotatable bonds is 13. The number of β-lactam (4-membered cyclic amide) rings is 1. The van der Waals surface area contributed by atoms with Gasteiger partial charge in [-0.05, 0) is 43.3 Å². The number of thiazole rings is 1. The van der Waals surface area contributed by atoms with Gasteiger partial charge in [-0.15, -0.1) is 23.1 Å². The highest BCUT2D eigenvalue weighted by atomic mass is 32.2. The van der Waals surface area contributed by atoms with Crippen molar-refractivity contribution in [2.24, 2.45) is 5.16 Å². The highest BCUT2D eigenvalue weighted by Gasteiger charge is 2.53. The third-order valence-electron chi connectivity index (χ3n) is 7.36. The smallest absolute Gasteiger partial charge is 0.350 e. The maximum absolute atomic E-state index is 13.4. The molecule has 4 heterocycles. The Morgan fingerprint density at radius 3 is 2.46 bits per heavy atom. The predicted molar refractivity (Wildman–Crippen MR) is 181 cm³/mol. The van der Waals surface area contributed by atoms with E-state index in [1.807, 2.05) is 0 Å². The Bertz CT molecular complexity index is 1930. The largest absolute Gasteiger partial charge is 0.543 e. The Kier molecular flexibility index (Phi) is 10.3. The number of hydrogen-bond acceptors (Lipinski definition) is 17. The minimum Gasteiger partial charge on any atom is -0.543 e. The molecule has 1 aromatic carbocycles. The molecule has 2 aliphatic heterocycles. The quantitative estimate of drug-likeness (QED) is 0.0363. The lowest BCUT2D eigenvalue weighted by Crippen LogP contribution is -2.71. The number of aromatic nitrogens is 3. The average Bonchev–Trinajstić information content (AvgIpc) is 3.50. The number of nitrogens with zero attached hydrogens (tertiary/aromatic N) is 5. The van der Waals surface area contributed by atoms with Gasteiger partial charge in [0.2, 0.25) is 17.2 Å². The van der Waals surface area contributed by atoms with Crippen LogP contribution in [0.5, 0.6) is 11.5 Å². The molecule has 3 aromatic rings. The topological polar surface area (TPSA) is 275 Å². The van der Waals surface area contributed by atoms with Crippen LogP contribution in [0.2, 0.25) is 0 Å². The molecule has 0 aliphatic carbocycles. The van der Waals surface area contributed by atoms with E-state index in [-0.39, 0.29) is 44.8 Å². The maximum Gasteiger partial charge on any atom is 0.350 e. The molecule has 2 amide bonds. The minimum atomic E-state index is -1.80. The number of carbonyl (C=O) groups excluding carboxylic acids is 3. The number of nitrogens with two attached hydrogens (primary N) is 3. The van der Waals surface area contributed by atoms with E-state index in [0.717, 1.165) is 28.0 Å². The molecule has 2 atom stereocenters. The second-order valence-electron chi connectivity index (χ2n) is 11.0. The number of carboxylic acid groups (broad SMARTS) is 2. The second kappa shape index (κ2) is 14.3. The minimum absolute atomic E-state index is 0.0143. The van der Waals surface area contributed by atoms with Crippen LogP contribution in [0, 0.1) is 0 Å². The number of thioether (sulfide) groups is 2. The van der Waals surface area contributed by atoms with Crippen molar-refractivity contribution in [2.45, 2.75) is 36.0 Å². The number of benzene rings is 1. The standard InChI is InChI=1S/C29H31N9O9S3/c1-29(2,26(43)44)47-36-18(13-11-49-27(32)33-13)22(39)35-19-23(40)38-20(25(41)42)12(9-48-24(19)38)10-50-28-34-16(30)8-17(31)37(28)21-14(45-3)6-5-7-15(21)46-4/h5-8,11,19,24H,9-10H2,1-4H3,(H8,30,31,32,33,35,39,41,42,43,44)/b36-18-/t19?,24-/m1/s1. The summed E-state index contributed by atoms with van der Waals surface area (Å²) in [5.41, 5.74) is 16.3. The molecule has 18 nitrogen and oxygen atoms in total. The molecule has 264 valence electrons. The first kappa shape index (κ1) is 36.0. The Balaban J connectivity index is 1.40. The summed E-state index contributed by atoms with van der Waals surface area (Å²) in [6, 6.07) is 5.44. The van der Waals surface area contributed by atoms with Gasteiger partial charge in [-0.25, -0.2) is 9.78 Å². The van der Waals surface area contributed by atoms with Gasteiger partial charge in [-0.1, -0.05) is 16.2 Å². The third-order valence-corrected chi connectivity index (χ3v) is 10.4. The highest BCUT2D eigenvalue weighted by Crippen LogP contribution is 2.41. The third kappa shape index (κ3) is 6.91. The molecule has 1 saturated heterocycles. The molecule has 0 bridgehead atoms. The van der Waals surface area contributed by atoms with E-state index >= 15 is 0 Å². The van der Waals surface area contributed by atoms with Crippen LogP contribution in [0.15, 0.2) is 51.2 Å². The lowest BCUT2D eigenvalue weighted by molar-refractivity contribution is -0.626. The molecule has 0 radical (unpaired) electrons. The molecule has 0 saturated carbocycles. The molecule has 1 unspecified atom stereocenters. The summed E-state index contributed by atoms with van der Waals surface area (Å²) in [7, 11) is 2.96. The van der Waals surface area contributed by atoms with E-state index in [0.29, 0.717) is 22.8 Å². The van der Waals surface area contributed by atoms with E-state index < -0.39 is 46.5 Å². The molecule has 21 heteroatoms. The van der Waals surface area contributed by atoms with Crippen molar-refractivity contribution in [2.75, 3.05) is 42.9 Å². The zero-order chi connectivity index (χ0) is 36.5. The maximum atomic E-state index is 13.4. The number of fused-ring (bicyclic) bond motifs is 1. The number of carboxylic acids is 2. The summed E-state index contributed by atoms with van der Waals surface area (Å²) in [5.74, 6) is -3.24. The molecular weight excluding hydrogens is 715 g/mol. The van der Waals surface area contributed by atoms with Crippen LogP contribution in [0.1, 0.15) is 19.5 Å². The van der Waals surface area contributed by atoms with Gasteiger partial charge in [0.1, 0.15) is 17.1 Å². The van der Waals surface area contributed by atoms with Crippen molar-refractivity contribution < 1.29 is 48.3 Å². The zero-order valence-corrected chi connectivity index (χ0v) is 29.3. The van der Waals surface area contributed by atoms with Crippen LogP contribution < -0.4 is 41.7 Å². The fourth-order valence-electron chi connectivity index (χ4n) is 4.84. The molecule has 2 aliphatic rings. The van der Waals surface area contributed by atoms with Crippen LogP contribution in [0.25, 0.3) is 5.69 Å². The number of amides is 2. The Morgan fingerprint density at radius 2 is 1.88 bits per heavy atom. The Morgan fingerprint density at radius 1 is 1.20 bits per heavy atom. The van der Waals surface area contributed by atoms with Crippen molar-refractivity contribution in [3.63, 3.8) is 0 Å². The van der Waals surface area contributed by atoms with Crippen molar-refractivity contribution in [1.29, 1.82) is 0 Å². The number of anilines is 3. The molecule has 2 aromatic heterocycles. The van der Waals surface area contributed by atoms with Gasteiger partial charge < -0.3 is 51.8 Å². The van der Waals surface area contributed by atoms with Crippen molar-refractivity contribution in [3.05, 3.63) is 46.6 Å². The molecule has 50 heavy (non-hydrogen) atoms. The Hall–Kier alpha value is -5.28. The first-order chi connectivity index (χ1) is 23.7. The van der Waals surface area contributed by atoms with E-state index in [9.17, 15) is 29.4 Å².